The van der Waals surface area contributed by atoms with Gasteiger partial charge in [0.25, 0.3) is 11.8 Å². The van der Waals surface area contributed by atoms with Crippen LogP contribution in [0.4, 0.5) is 0 Å². The highest BCUT2D eigenvalue weighted by Gasteiger charge is 2.21. The van der Waals surface area contributed by atoms with Crippen LogP contribution in [0.1, 0.15) is 20.7 Å². The number of amides is 2. The molecule has 0 bridgehead atoms. The van der Waals surface area contributed by atoms with Gasteiger partial charge in [-0.3, -0.25) is 20.4 Å². The lowest BCUT2D eigenvalue weighted by Gasteiger charge is -2.10. The van der Waals surface area contributed by atoms with Crippen molar-refractivity contribution in [3.05, 3.63) is 90.1 Å². The molecule has 9 nitrogen and oxygen atoms in total. The average Bonchev–Trinajstić information content (AvgIpc) is 3.33. The molecule has 1 aromatic heterocycles. The number of rotatable bonds is 6. The monoisotopic (exact) mass is 458 g/mol. The topological polar surface area (TPSA) is 115 Å². The fraction of sp³-hybridized carbons (Fsp3) is 0.0800. The highest BCUT2D eigenvalue weighted by atomic mass is 16.5. The molecule has 3 aromatic carbocycles. The van der Waals surface area contributed by atoms with E-state index in [-0.39, 0.29) is 16.9 Å². The lowest BCUT2D eigenvalue weighted by molar-refractivity contribution is 0.0845. The summed E-state index contributed by atoms with van der Waals surface area (Å²) >= 11 is 0. The second-order valence-electron chi connectivity index (χ2n) is 7.17. The third kappa shape index (κ3) is 4.53. The molecular formula is C25H22N4O5. The van der Waals surface area contributed by atoms with E-state index in [1.807, 2.05) is 30.3 Å². The van der Waals surface area contributed by atoms with Gasteiger partial charge in [0.15, 0.2) is 11.5 Å². The van der Waals surface area contributed by atoms with E-state index in [2.05, 4.69) is 16.0 Å². The normalized spacial score (nSPS) is 10.4. The van der Waals surface area contributed by atoms with Crippen molar-refractivity contribution in [1.29, 1.82) is 0 Å². The highest BCUT2D eigenvalue weighted by molar-refractivity contribution is 6.03. The van der Waals surface area contributed by atoms with Crippen molar-refractivity contribution < 1.29 is 24.2 Å². The molecule has 0 spiro atoms. The molecular weight excluding hydrogens is 436 g/mol. The SMILES string of the molecule is COc1ccc(-c2nn(-c3ccccc3)cc2C(=O)NNC(=O)c2ccccc2O)cc1OC. The fourth-order valence-corrected chi connectivity index (χ4v) is 3.36. The Bertz CT molecular complexity index is 1330. The molecule has 0 aliphatic heterocycles. The Kier molecular flexibility index (Phi) is 6.45. The zero-order valence-electron chi connectivity index (χ0n) is 18.5. The summed E-state index contributed by atoms with van der Waals surface area (Å²) in [5.41, 5.74) is 6.71. The molecule has 34 heavy (non-hydrogen) atoms. The Labute approximate surface area is 195 Å². The number of nitrogens with zero attached hydrogens (tertiary/aromatic N) is 2. The standard InChI is InChI=1S/C25H22N4O5/c1-33-21-13-12-16(14-22(21)34-2)23-19(15-29(28-23)17-8-4-3-5-9-17)25(32)27-26-24(31)18-10-6-7-11-20(18)30/h3-15,30H,1-2H3,(H,26,31)(H,27,32). The molecule has 0 atom stereocenters. The number of methoxy groups -OCH3 is 2. The fourth-order valence-electron chi connectivity index (χ4n) is 3.36. The van der Waals surface area contributed by atoms with Crippen molar-refractivity contribution in [1.82, 2.24) is 20.6 Å². The maximum absolute atomic E-state index is 13.1. The number of hydrazine groups is 1. The van der Waals surface area contributed by atoms with Crippen LogP contribution >= 0.6 is 0 Å². The number of ether oxygens (including phenoxy) is 2. The number of hydrogen-bond donors (Lipinski definition) is 3. The van der Waals surface area contributed by atoms with E-state index in [9.17, 15) is 14.7 Å². The molecule has 0 radical (unpaired) electrons. The number of hydrogen-bond acceptors (Lipinski definition) is 6. The Morgan fingerprint density at radius 1 is 0.824 bits per heavy atom. The van der Waals surface area contributed by atoms with E-state index in [0.717, 1.165) is 5.69 Å². The van der Waals surface area contributed by atoms with Gasteiger partial charge in [-0.25, -0.2) is 4.68 Å². The number of para-hydroxylation sites is 2. The molecule has 3 N–H and O–H groups in total. The van der Waals surface area contributed by atoms with Crippen molar-refractivity contribution in [2.24, 2.45) is 0 Å². The van der Waals surface area contributed by atoms with Gasteiger partial charge in [0.2, 0.25) is 0 Å². The Hall–Kier alpha value is -4.79. The van der Waals surface area contributed by atoms with Crippen molar-refractivity contribution in [2.45, 2.75) is 0 Å². The molecule has 0 saturated carbocycles. The van der Waals surface area contributed by atoms with Crippen LogP contribution in [-0.2, 0) is 0 Å². The van der Waals surface area contributed by atoms with Crippen LogP contribution in [-0.4, -0.2) is 40.9 Å². The van der Waals surface area contributed by atoms with Crippen molar-refractivity contribution >= 4 is 11.8 Å². The summed E-state index contributed by atoms with van der Waals surface area (Å²) in [7, 11) is 3.06. The van der Waals surface area contributed by atoms with Gasteiger partial charge in [-0.2, -0.15) is 5.10 Å². The smallest absolute Gasteiger partial charge is 0.273 e. The van der Waals surface area contributed by atoms with Crippen molar-refractivity contribution in [2.75, 3.05) is 14.2 Å². The minimum absolute atomic E-state index is 0.0305. The zero-order chi connectivity index (χ0) is 24.1. The predicted octanol–water partition coefficient (Wildman–Crippen LogP) is 3.34. The highest BCUT2D eigenvalue weighted by Crippen LogP contribution is 2.33. The van der Waals surface area contributed by atoms with Gasteiger partial charge < -0.3 is 14.6 Å². The molecule has 4 aromatic rings. The van der Waals surface area contributed by atoms with Gasteiger partial charge in [-0.05, 0) is 42.5 Å². The molecule has 0 fully saturated rings. The summed E-state index contributed by atoms with van der Waals surface area (Å²) in [6.07, 6.45) is 1.57. The number of nitrogens with one attached hydrogen (secondary N) is 2. The van der Waals surface area contributed by atoms with Crippen LogP contribution in [0.25, 0.3) is 16.9 Å². The largest absolute Gasteiger partial charge is 0.507 e. The zero-order valence-corrected chi connectivity index (χ0v) is 18.5. The second-order valence-corrected chi connectivity index (χ2v) is 7.17. The van der Waals surface area contributed by atoms with Gasteiger partial charge in [-0.15, -0.1) is 0 Å². The van der Waals surface area contributed by atoms with E-state index in [1.165, 1.54) is 26.4 Å². The maximum atomic E-state index is 13.1. The number of aromatic hydroxyl groups is 1. The molecule has 0 aliphatic carbocycles. The number of aromatic nitrogens is 2. The number of benzene rings is 3. The van der Waals surface area contributed by atoms with Gasteiger partial charge in [0.1, 0.15) is 11.4 Å². The summed E-state index contributed by atoms with van der Waals surface area (Å²) in [6.45, 7) is 0. The first kappa shape index (κ1) is 22.4. The first-order valence-corrected chi connectivity index (χ1v) is 10.3. The third-order valence-corrected chi connectivity index (χ3v) is 5.07. The first-order valence-electron chi connectivity index (χ1n) is 10.3. The Morgan fingerprint density at radius 3 is 2.15 bits per heavy atom. The molecule has 2 amide bonds. The van der Waals surface area contributed by atoms with Crippen LogP contribution in [0, 0.1) is 0 Å². The van der Waals surface area contributed by atoms with E-state index in [0.29, 0.717) is 22.8 Å². The van der Waals surface area contributed by atoms with Crippen LogP contribution in [0.2, 0.25) is 0 Å². The van der Waals surface area contributed by atoms with Crippen LogP contribution in [0.3, 0.4) is 0 Å². The molecule has 172 valence electrons. The summed E-state index contributed by atoms with van der Waals surface area (Å²) < 4.78 is 12.3. The van der Waals surface area contributed by atoms with Crippen LogP contribution in [0.5, 0.6) is 17.2 Å². The Morgan fingerprint density at radius 2 is 1.47 bits per heavy atom. The second kappa shape index (κ2) is 9.78. The van der Waals surface area contributed by atoms with Crippen LogP contribution in [0.15, 0.2) is 79.0 Å². The molecule has 0 saturated heterocycles. The van der Waals surface area contributed by atoms with Gasteiger partial charge in [-0.1, -0.05) is 30.3 Å². The van der Waals surface area contributed by atoms with Gasteiger partial charge in [0, 0.05) is 11.8 Å². The quantitative estimate of drug-likeness (QED) is 0.382. The average molecular weight is 458 g/mol. The van der Waals surface area contributed by atoms with E-state index in [4.69, 9.17) is 9.47 Å². The lowest BCUT2D eigenvalue weighted by atomic mass is 10.1. The van der Waals surface area contributed by atoms with Gasteiger partial charge >= 0.3 is 0 Å². The minimum atomic E-state index is -0.658. The summed E-state index contributed by atoms with van der Waals surface area (Å²) in [6, 6.07) is 20.5. The molecule has 4 rings (SSSR count). The first-order chi connectivity index (χ1) is 16.5. The number of phenolic OH excluding ortho intramolecular Hbond substituents is 1. The maximum Gasteiger partial charge on any atom is 0.273 e. The lowest BCUT2D eigenvalue weighted by Crippen LogP contribution is -2.41. The molecule has 0 unspecified atom stereocenters. The van der Waals surface area contributed by atoms with E-state index < -0.39 is 11.8 Å². The molecule has 0 aliphatic rings. The number of carbonyl (C=O) groups is 2. The predicted molar refractivity (Wildman–Crippen MR) is 125 cm³/mol. The number of carbonyl (C=O) groups excluding carboxylic acids is 2. The minimum Gasteiger partial charge on any atom is -0.507 e. The van der Waals surface area contributed by atoms with Gasteiger partial charge in [0.05, 0.1) is 31.0 Å². The van der Waals surface area contributed by atoms with E-state index in [1.54, 1.807) is 41.2 Å². The summed E-state index contributed by atoms with van der Waals surface area (Å²) in [5.74, 6) is -0.425. The number of phenols is 1. The van der Waals surface area contributed by atoms with Crippen LogP contribution < -0.4 is 20.3 Å². The van der Waals surface area contributed by atoms with Crippen molar-refractivity contribution in [3.8, 4) is 34.2 Å². The van der Waals surface area contributed by atoms with Crippen molar-refractivity contribution in [3.63, 3.8) is 0 Å². The molecule has 1 heterocycles. The summed E-state index contributed by atoms with van der Waals surface area (Å²) in [5, 5.41) is 14.5. The third-order valence-electron chi connectivity index (χ3n) is 5.07. The van der Waals surface area contributed by atoms with E-state index >= 15 is 0 Å². The molecule has 9 heteroatoms. The Balaban J connectivity index is 1.68. The summed E-state index contributed by atoms with van der Waals surface area (Å²) in [4.78, 5) is 25.5.